The molecule has 1 heterocycles. The van der Waals surface area contributed by atoms with Crippen LogP contribution in [0.25, 0.3) is 0 Å². The predicted octanol–water partition coefficient (Wildman–Crippen LogP) is 2.81. The van der Waals surface area contributed by atoms with Gasteiger partial charge in [-0.25, -0.2) is 0 Å². The second kappa shape index (κ2) is 12.2. The third-order valence-electron chi connectivity index (χ3n) is 2.99. The summed E-state index contributed by atoms with van der Waals surface area (Å²) in [5.74, 6) is 0.961. The molecule has 4 nitrogen and oxygen atoms in total. The maximum atomic E-state index is 10.2. The number of carbonyl (C=O) groups is 1. The van der Waals surface area contributed by atoms with E-state index in [-0.39, 0.29) is 0 Å². The molecule has 0 spiro atoms. The van der Waals surface area contributed by atoms with Crippen LogP contribution < -0.4 is 4.74 Å². The average Bonchev–Trinajstić information content (AvgIpc) is 2.51. The fourth-order valence-electron chi connectivity index (χ4n) is 1.80. The fraction of sp³-hybridized carbons (Fsp3) is 0.588. The minimum absolute atomic E-state index is 0.740. The van der Waals surface area contributed by atoms with Crippen molar-refractivity contribution in [2.45, 2.75) is 27.7 Å². The highest BCUT2D eigenvalue weighted by atomic mass is 16.5. The van der Waals surface area contributed by atoms with E-state index < -0.39 is 0 Å². The Kier molecular flexibility index (Phi) is 11.3. The van der Waals surface area contributed by atoms with Gasteiger partial charge in [-0.1, -0.05) is 26.0 Å². The molecule has 4 heteroatoms. The maximum absolute atomic E-state index is 10.2. The van der Waals surface area contributed by atoms with Crippen molar-refractivity contribution in [1.29, 1.82) is 0 Å². The first-order valence-corrected chi connectivity index (χ1v) is 7.73. The number of aryl methyl sites for hydroxylation is 1. The highest BCUT2D eigenvalue weighted by Crippen LogP contribution is 2.11. The first-order valence-electron chi connectivity index (χ1n) is 7.73. The van der Waals surface area contributed by atoms with Gasteiger partial charge in [0, 0.05) is 26.2 Å². The number of piperazine rings is 1. The van der Waals surface area contributed by atoms with Crippen molar-refractivity contribution in [3.63, 3.8) is 0 Å². The number of carbonyl (C=O) groups excluding carboxylic acids is 1. The van der Waals surface area contributed by atoms with Gasteiger partial charge in [-0.3, -0.25) is 4.79 Å². The van der Waals surface area contributed by atoms with E-state index >= 15 is 0 Å². The minimum Gasteiger partial charge on any atom is -0.494 e. The molecule has 1 fully saturated rings. The van der Waals surface area contributed by atoms with Crippen molar-refractivity contribution in [3.8, 4) is 5.75 Å². The van der Waals surface area contributed by atoms with E-state index in [0.717, 1.165) is 44.9 Å². The van der Waals surface area contributed by atoms with Crippen LogP contribution in [-0.4, -0.2) is 56.0 Å². The number of rotatable bonds is 3. The van der Waals surface area contributed by atoms with Crippen LogP contribution in [0.4, 0.5) is 0 Å². The van der Waals surface area contributed by atoms with Gasteiger partial charge in [-0.15, -0.1) is 0 Å². The number of likely N-dealkylation sites (N-methyl/N-ethyl adjacent to an activating group) is 1. The number of hydrogen-bond acceptors (Lipinski definition) is 3. The van der Waals surface area contributed by atoms with Crippen LogP contribution in [0.3, 0.4) is 0 Å². The average molecular weight is 294 g/mol. The third-order valence-corrected chi connectivity index (χ3v) is 2.99. The van der Waals surface area contributed by atoms with Crippen LogP contribution in [0.5, 0.6) is 5.75 Å². The van der Waals surface area contributed by atoms with E-state index in [9.17, 15) is 4.79 Å². The standard InChI is InChI=1S/C9H12O.C6H12N2O.C2H6/c1-3-10-9-6-4-5-8(2)7-9;1-7-2-4-8(6-9)5-3-7;1-2/h4-7H,3H2,1-2H3;6H,2-5H2,1H3;1-2H3. The third kappa shape index (κ3) is 9.08. The lowest BCUT2D eigenvalue weighted by atomic mass is 10.2. The summed E-state index contributed by atoms with van der Waals surface area (Å²) in [6, 6.07) is 8.06. The molecule has 0 aromatic heterocycles. The molecule has 0 atom stereocenters. The smallest absolute Gasteiger partial charge is 0.209 e. The molecule has 1 aliphatic rings. The van der Waals surface area contributed by atoms with E-state index in [2.05, 4.69) is 24.9 Å². The van der Waals surface area contributed by atoms with Crippen LogP contribution in [0.2, 0.25) is 0 Å². The highest BCUT2D eigenvalue weighted by Gasteiger charge is 2.10. The molecule has 0 saturated carbocycles. The summed E-state index contributed by atoms with van der Waals surface area (Å²) in [6.45, 7) is 12.6. The molecule has 1 saturated heterocycles. The number of amides is 1. The lowest BCUT2D eigenvalue weighted by Gasteiger charge is -2.29. The van der Waals surface area contributed by atoms with Crippen LogP contribution in [0, 0.1) is 6.92 Å². The van der Waals surface area contributed by atoms with Gasteiger partial charge in [0.2, 0.25) is 6.41 Å². The van der Waals surface area contributed by atoms with Gasteiger partial charge in [-0.05, 0) is 38.6 Å². The van der Waals surface area contributed by atoms with Gasteiger partial charge in [-0.2, -0.15) is 0 Å². The Morgan fingerprint density at radius 2 is 1.81 bits per heavy atom. The molecule has 2 rings (SSSR count). The number of benzene rings is 1. The molecular formula is C17H30N2O2. The molecule has 1 amide bonds. The number of nitrogens with zero attached hydrogens (tertiary/aromatic N) is 2. The summed E-state index contributed by atoms with van der Waals surface area (Å²) in [4.78, 5) is 14.2. The highest BCUT2D eigenvalue weighted by molar-refractivity contribution is 5.47. The zero-order valence-electron chi connectivity index (χ0n) is 14.1. The van der Waals surface area contributed by atoms with Crippen molar-refractivity contribution in [2.75, 3.05) is 39.8 Å². The van der Waals surface area contributed by atoms with Gasteiger partial charge in [0.25, 0.3) is 0 Å². The predicted molar refractivity (Wildman–Crippen MR) is 88.8 cm³/mol. The lowest BCUT2D eigenvalue weighted by molar-refractivity contribution is -0.119. The first kappa shape index (κ1) is 19.4. The molecular weight excluding hydrogens is 264 g/mol. The molecule has 21 heavy (non-hydrogen) atoms. The second-order valence-electron chi connectivity index (χ2n) is 4.69. The summed E-state index contributed by atoms with van der Waals surface area (Å²) < 4.78 is 5.29. The van der Waals surface area contributed by atoms with Crippen LogP contribution in [0.15, 0.2) is 24.3 Å². The van der Waals surface area contributed by atoms with Gasteiger partial charge in [0.15, 0.2) is 0 Å². The SMILES string of the molecule is CC.CCOc1cccc(C)c1.CN1CCN(C=O)CC1. The summed E-state index contributed by atoms with van der Waals surface area (Å²) in [7, 11) is 2.07. The maximum Gasteiger partial charge on any atom is 0.209 e. The van der Waals surface area contributed by atoms with E-state index in [4.69, 9.17) is 4.74 Å². The molecule has 1 aromatic rings. The topological polar surface area (TPSA) is 32.8 Å². The summed E-state index contributed by atoms with van der Waals surface area (Å²) in [5, 5.41) is 0. The fourth-order valence-corrected chi connectivity index (χ4v) is 1.80. The van der Waals surface area contributed by atoms with E-state index in [1.54, 1.807) is 4.90 Å². The van der Waals surface area contributed by atoms with E-state index in [1.165, 1.54) is 5.56 Å². The van der Waals surface area contributed by atoms with Gasteiger partial charge in [0.05, 0.1) is 6.61 Å². The normalized spacial score (nSPS) is 14.2. The molecule has 0 bridgehead atoms. The molecule has 120 valence electrons. The van der Waals surface area contributed by atoms with Crippen molar-refractivity contribution in [1.82, 2.24) is 9.80 Å². The summed E-state index contributed by atoms with van der Waals surface area (Å²) >= 11 is 0. The van der Waals surface area contributed by atoms with Crippen molar-refractivity contribution >= 4 is 6.41 Å². The Bertz CT molecular complexity index is 375. The zero-order chi connectivity index (χ0) is 16.1. The van der Waals surface area contributed by atoms with Crippen molar-refractivity contribution in [3.05, 3.63) is 29.8 Å². The molecule has 0 N–H and O–H groups in total. The van der Waals surface area contributed by atoms with E-state index in [0.29, 0.717) is 0 Å². The second-order valence-corrected chi connectivity index (χ2v) is 4.69. The van der Waals surface area contributed by atoms with Crippen LogP contribution >= 0.6 is 0 Å². The largest absolute Gasteiger partial charge is 0.494 e. The van der Waals surface area contributed by atoms with Crippen molar-refractivity contribution in [2.24, 2.45) is 0 Å². The van der Waals surface area contributed by atoms with Crippen LogP contribution in [-0.2, 0) is 4.79 Å². The monoisotopic (exact) mass is 294 g/mol. The zero-order valence-corrected chi connectivity index (χ0v) is 14.1. The summed E-state index contributed by atoms with van der Waals surface area (Å²) in [5.41, 5.74) is 1.24. The first-order chi connectivity index (χ1) is 10.2. The number of hydrogen-bond donors (Lipinski definition) is 0. The number of ether oxygens (including phenoxy) is 1. The lowest BCUT2D eigenvalue weighted by Crippen LogP contribution is -2.43. The Labute approximate surface area is 129 Å². The minimum atomic E-state index is 0.740. The Balaban J connectivity index is 0.000000342. The molecule has 0 aliphatic carbocycles. The van der Waals surface area contributed by atoms with Gasteiger partial charge >= 0.3 is 0 Å². The molecule has 0 radical (unpaired) electrons. The molecule has 1 aromatic carbocycles. The molecule has 0 unspecified atom stereocenters. The van der Waals surface area contributed by atoms with Crippen LogP contribution in [0.1, 0.15) is 26.3 Å². The summed E-state index contributed by atoms with van der Waals surface area (Å²) in [6.07, 6.45) is 0.924. The van der Waals surface area contributed by atoms with Gasteiger partial charge < -0.3 is 14.5 Å². The van der Waals surface area contributed by atoms with Crippen molar-refractivity contribution < 1.29 is 9.53 Å². The quantitative estimate of drug-likeness (QED) is 0.804. The Hall–Kier alpha value is -1.55. The molecule has 1 aliphatic heterocycles. The Morgan fingerprint density at radius 3 is 2.29 bits per heavy atom. The Morgan fingerprint density at radius 1 is 1.19 bits per heavy atom. The van der Waals surface area contributed by atoms with E-state index in [1.807, 2.05) is 39.0 Å². The van der Waals surface area contributed by atoms with Gasteiger partial charge in [0.1, 0.15) is 5.75 Å².